The molecule has 96 valence electrons. The molecular formula is C14H13N3OS. The number of carbonyl (C=O) groups excluding carboxylic acids is 1. The number of nitrogens with two attached hydrogens (primary N) is 1. The highest BCUT2D eigenvalue weighted by molar-refractivity contribution is 8.04. The van der Waals surface area contributed by atoms with Gasteiger partial charge in [0.05, 0.1) is 21.9 Å². The predicted octanol–water partition coefficient (Wildman–Crippen LogP) is 1.95. The molecule has 0 radical (unpaired) electrons. The highest BCUT2D eigenvalue weighted by Crippen LogP contribution is 2.48. The van der Waals surface area contributed by atoms with Gasteiger partial charge in [-0.05, 0) is 24.5 Å². The zero-order valence-corrected chi connectivity index (χ0v) is 11.1. The zero-order chi connectivity index (χ0) is 13.4. The largest absolute Gasteiger partial charge is 0.393 e. The fraction of sp³-hybridized carbons (Fsp3) is 0.357. The normalized spacial score (nSPS) is 26.3. The quantitative estimate of drug-likeness (QED) is 0.909. The maximum absolute atomic E-state index is 12.4. The zero-order valence-electron chi connectivity index (χ0n) is 10.2. The van der Waals surface area contributed by atoms with Gasteiger partial charge in [0.2, 0.25) is 0 Å². The Bertz CT molecular complexity index is 586. The van der Waals surface area contributed by atoms with Crippen molar-refractivity contribution in [2.45, 2.75) is 24.0 Å². The van der Waals surface area contributed by atoms with Crippen molar-refractivity contribution in [3.05, 3.63) is 40.7 Å². The van der Waals surface area contributed by atoms with Gasteiger partial charge in [0.1, 0.15) is 5.78 Å². The first kappa shape index (κ1) is 12.2. The van der Waals surface area contributed by atoms with Crippen LogP contribution in [0.3, 0.4) is 0 Å². The summed E-state index contributed by atoms with van der Waals surface area (Å²) in [6.07, 6.45) is 5.34. The summed E-state index contributed by atoms with van der Waals surface area (Å²) in [4.78, 5) is 16.4. The number of thioether (sulfide) groups is 1. The summed E-state index contributed by atoms with van der Waals surface area (Å²) in [6, 6.07) is 5.89. The van der Waals surface area contributed by atoms with Crippen molar-refractivity contribution in [3.63, 3.8) is 0 Å². The molecule has 0 amide bonds. The van der Waals surface area contributed by atoms with E-state index in [1.807, 2.05) is 12.1 Å². The predicted molar refractivity (Wildman–Crippen MR) is 72.9 cm³/mol. The Labute approximate surface area is 115 Å². The smallest absolute Gasteiger partial charge is 0.150 e. The number of nitriles is 1. The Hall–Kier alpha value is -1.80. The van der Waals surface area contributed by atoms with Gasteiger partial charge in [0, 0.05) is 24.2 Å². The van der Waals surface area contributed by atoms with Crippen LogP contribution in [0.4, 0.5) is 0 Å². The van der Waals surface area contributed by atoms with Crippen LogP contribution in [0.1, 0.15) is 24.3 Å². The lowest BCUT2D eigenvalue weighted by Gasteiger charge is -2.18. The van der Waals surface area contributed by atoms with Gasteiger partial charge in [0.25, 0.3) is 0 Å². The summed E-state index contributed by atoms with van der Waals surface area (Å²) < 4.78 is 0. The SMILES string of the molecule is N#CC1=C(N)S[C@@H](C(=O)C2CC2)[C@@H]1c1cccnc1. The maximum Gasteiger partial charge on any atom is 0.150 e. The molecule has 4 nitrogen and oxygen atoms in total. The fourth-order valence-electron chi connectivity index (χ4n) is 2.42. The molecule has 1 aliphatic carbocycles. The lowest BCUT2D eigenvalue weighted by Crippen LogP contribution is -2.24. The van der Waals surface area contributed by atoms with E-state index in [1.165, 1.54) is 11.8 Å². The average Bonchev–Trinajstić information content (AvgIpc) is 3.22. The Morgan fingerprint density at radius 2 is 2.32 bits per heavy atom. The van der Waals surface area contributed by atoms with Crippen LogP contribution in [-0.4, -0.2) is 16.0 Å². The van der Waals surface area contributed by atoms with Crippen molar-refractivity contribution >= 4 is 17.5 Å². The van der Waals surface area contributed by atoms with E-state index in [-0.39, 0.29) is 22.9 Å². The van der Waals surface area contributed by atoms with Gasteiger partial charge in [0.15, 0.2) is 0 Å². The summed E-state index contributed by atoms with van der Waals surface area (Å²) in [7, 11) is 0. The Kier molecular flexibility index (Phi) is 3.03. The van der Waals surface area contributed by atoms with E-state index in [0.717, 1.165) is 18.4 Å². The van der Waals surface area contributed by atoms with Gasteiger partial charge in [-0.2, -0.15) is 5.26 Å². The molecule has 1 saturated carbocycles. The van der Waals surface area contributed by atoms with Crippen molar-refractivity contribution in [1.82, 2.24) is 4.98 Å². The molecule has 1 aliphatic heterocycles. The molecule has 5 heteroatoms. The van der Waals surface area contributed by atoms with E-state index in [9.17, 15) is 10.1 Å². The number of allylic oxidation sites excluding steroid dienone is 1. The van der Waals surface area contributed by atoms with E-state index in [0.29, 0.717) is 10.6 Å². The topological polar surface area (TPSA) is 79.8 Å². The van der Waals surface area contributed by atoms with Crippen molar-refractivity contribution < 1.29 is 4.79 Å². The number of pyridine rings is 1. The molecule has 2 N–H and O–H groups in total. The van der Waals surface area contributed by atoms with Crippen molar-refractivity contribution in [2.24, 2.45) is 11.7 Å². The molecule has 1 fully saturated rings. The number of nitrogens with zero attached hydrogens (tertiary/aromatic N) is 2. The molecule has 3 rings (SSSR count). The molecule has 2 aliphatic rings. The van der Waals surface area contributed by atoms with Gasteiger partial charge in [-0.1, -0.05) is 17.8 Å². The van der Waals surface area contributed by atoms with Gasteiger partial charge >= 0.3 is 0 Å². The molecule has 0 saturated heterocycles. The summed E-state index contributed by atoms with van der Waals surface area (Å²) >= 11 is 1.34. The maximum atomic E-state index is 12.4. The van der Waals surface area contributed by atoms with E-state index in [2.05, 4.69) is 11.1 Å². The van der Waals surface area contributed by atoms with Crippen molar-refractivity contribution in [1.29, 1.82) is 5.26 Å². The first-order valence-electron chi connectivity index (χ1n) is 6.22. The van der Waals surface area contributed by atoms with Gasteiger partial charge in [-0.15, -0.1) is 0 Å². The second-order valence-electron chi connectivity index (χ2n) is 4.87. The third-order valence-corrected chi connectivity index (χ3v) is 4.79. The summed E-state index contributed by atoms with van der Waals surface area (Å²) in [5.74, 6) is 0.159. The van der Waals surface area contributed by atoms with E-state index >= 15 is 0 Å². The Morgan fingerprint density at radius 3 is 2.89 bits per heavy atom. The minimum atomic E-state index is -0.258. The fourth-order valence-corrected chi connectivity index (χ4v) is 3.73. The van der Waals surface area contributed by atoms with Crippen molar-refractivity contribution in [3.8, 4) is 6.07 Å². The van der Waals surface area contributed by atoms with Crippen LogP contribution in [0.25, 0.3) is 0 Å². The molecule has 0 aromatic carbocycles. The van der Waals surface area contributed by atoms with Crippen LogP contribution < -0.4 is 5.73 Å². The number of hydrogen-bond acceptors (Lipinski definition) is 5. The van der Waals surface area contributed by atoms with Crippen LogP contribution in [0.2, 0.25) is 0 Å². The first-order valence-corrected chi connectivity index (χ1v) is 7.10. The average molecular weight is 271 g/mol. The van der Waals surface area contributed by atoms with Crippen LogP contribution in [-0.2, 0) is 4.79 Å². The monoisotopic (exact) mass is 271 g/mol. The highest BCUT2D eigenvalue weighted by Gasteiger charge is 2.45. The molecule has 1 aromatic rings. The number of hydrogen-bond donors (Lipinski definition) is 1. The first-order chi connectivity index (χ1) is 9.22. The molecule has 2 heterocycles. The lowest BCUT2D eigenvalue weighted by atomic mass is 9.87. The van der Waals surface area contributed by atoms with Gasteiger partial charge < -0.3 is 5.73 Å². The van der Waals surface area contributed by atoms with Crippen LogP contribution in [0.5, 0.6) is 0 Å². The standard InChI is InChI=1S/C14H13N3OS/c15-6-10-11(9-2-1-5-17-7-9)13(19-14(10)16)12(18)8-3-4-8/h1-2,5,7-8,11,13H,3-4,16H2/t11-,13-/m1/s1. The summed E-state index contributed by atoms with van der Waals surface area (Å²) in [5, 5.41) is 9.51. The van der Waals surface area contributed by atoms with E-state index in [4.69, 9.17) is 5.73 Å². The number of aromatic nitrogens is 1. The summed E-state index contributed by atoms with van der Waals surface area (Å²) in [6.45, 7) is 0. The number of Topliss-reactive ketones (excluding diaryl/α,β-unsaturated/α-hetero) is 1. The number of carbonyl (C=O) groups is 1. The highest BCUT2D eigenvalue weighted by atomic mass is 32.2. The Morgan fingerprint density at radius 1 is 1.53 bits per heavy atom. The van der Waals surface area contributed by atoms with E-state index in [1.54, 1.807) is 12.4 Å². The van der Waals surface area contributed by atoms with Crippen LogP contribution in [0, 0.1) is 17.2 Å². The van der Waals surface area contributed by atoms with E-state index < -0.39 is 0 Å². The molecule has 0 bridgehead atoms. The number of rotatable bonds is 3. The number of ketones is 1. The minimum absolute atomic E-state index is 0.169. The molecule has 0 spiro atoms. The third kappa shape index (κ3) is 2.13. The molecule has 1 aromatic heterocycles. The van der Waals surface area contributed by atoms with Crippen LogP contribution in [0.15, 0.2) is 35.1 Å². The minimum Gasteiger partial charge on any atom is -0.393 e. The van der Waals surface area contributed by atoms with Crippen LogP contribution >= 0.6 is 11.8 Å². The molecule has 19 heavy (non-hydrogen) atoms. The Balaban J connectivity index is 1.99. The molecule has 0 unspecified atom stereocenters. The molecule has 2 atom stereocenters. The van der Waals surface area contributed by atoms with Crippen molar-refractivity contribution in [2.75, 3.05) is 0 Å². The lowest BCUT2D eigenvalue weighted by molar-refractivity contribution is -0.119. The second kappa shape index (κ2) is 4.71. The summed E-state index contributed by atoms with van der Waals surface area (Å²) in [5.41, 5.74) is 7.32. The van der Waals surface area contributed by atoms with Gasteiger partial charge in [-0.25, -0.2) is 0 Å². The third-order valence-electron chi connectivity index (χ3n) is 3.56. The van der Waals surface area contributed by atoms with Gasteiger partial charge in [-0.3, -0.25) is 9.78 Å². The second-order valence-corrected chi connectivity index (χ2v) is 6.05. The molecular weight excluding hydrogens is 258 g/mol.